The number of amides is 1. The normalized spacial score (nSPS) is 21.8. The number of carbonyl (C=O) groups is 1. The zero-order chi connectivity index (χ0) is 9.97. The smallest absolute Gasteiger partial charge is 0.234 e. The molecule has 1 fully saturated rings. The summed E-state index contributed by atoms with van der Waals surface area (Å²) in [5.41, 5.74) is 0.992. The second-order valence-corrected chi connectivity index (χ2v) is 3.29. The van der Waals surface area contributed by atoms with E-state index in [0.717, 1.165) is 5.56 Å². The molecule has 0 radical (unpaired) electrons. The molecule has 74 valence electrons. The molecule has 0 aromatic heterocycles. The van der Waals surface area contributed by atoms with E-state index < -0.39 is 0 Å². The molecule has 3 nitrogen and oxygen atoms in total. The molecule has 4 heteroatoms. The van der Waals surface area contributed by atoms with E-state index in [1.54, 1.807) is 12.1 Å². The SMILES string of the molecule is O=C1CNC(c2ccc(F)cc2)CN1. The third-order valence-electron chi connectivity index (χ3n) is 2.28. The number of hydrogen-bond acceptors (Lipinski definition) is 2. The molecule has 0 saturated carbocycles. The fourth-order valence-electron chi connectivity index (χ4n) is 1.50. The highest BCUT2D eigenvalue weighted by atomic mass is 19.1. The highest BCUT2D eigenvalue weighted by Crippen LogP contribution is 2.13. The van der Waals surface area contributed by atoms with Crippen LogP contribution in [0.3, 0.4) is 0 Å². The molecule has 14 heavy (non-hydrogen) atoms. The monoisotopic (exact) mass is 194 g/mol. The van der Waals surface area contributed by atoms with Crippen LogP contribution in [0.25, 0.3) is 0 Å². The standard InChI is InChI=1S/C10H11FN2O/c11-8-3-1-7(2-4-8)9-5-13-10(14)6-12-9/h1-4,9,12H,5-6H2,(H,13,14). The summed E-state index contributed by atoms with van der Waals surface area (Å²) >= 11 is 0. The van der Waals surface area contributed by atoms with Gasteiger partial charge in [0.2, 0.25) is 5.91 Å². The van der Waals surface area contributed by atoms with Crippen LogP contribution >= 0.6 is 0 Å². The van der Waals surface area contributed by atoms with E-state index in [0.29, 0.717) is 13.1 Å². The lowest BCUT2D eigenvalue weighted by atomic mass is 10.1. The third kappa shape index (κ3) is 1.90. The molecule has 0 aliphatic carbocycles. The molecule has 0 bridgehead atoms. The van der Waals surface area contributed by atoms with E-state index in [1.165, 1.54) is 12.1 Å². The van der Waals surface area contributed by atoms with Crippen molar-refractivity contribution in [3.05, 3.63) is 35.6 Å². The Morgan fingerprint density at radius 3 is 2.57 bits per heavy atom. The average molecular weight is 194 g/mol. The molecule has 2 N–H and O–H groups in total. The van der Waals surface area contributed by atoms with Gasteiger partial charge in [-0.3, -0.25) is 10.1 Å². The van der Waals surface area contributed by atoms with E-state index in [1.807, 2.05) is 0 Å². The van der Waals surface area contributed by atoms with E-state index >= 15 is 0 Å². The lowest BCUT2D eigenvalue weighted by Crippen LogP contribution is -2.46. The molecule has 1 aromatic rings. The molecule has 1 atom stereocenters. The number of nitrogens with one attached hydrogen (secondary N) is 2. The van der Waals surface area contributed by atoms with Crippen molar-refractivity contribution in [3.63, 3.8) is 0 Å². The largest absolute Gasteiger partial charge is 0.353 e. The van der Waals surface area contributed by atoms with Crippen LogP contribution in [-0.4, -0.2) is 19.0 Å². The van der Waals surface area contributed by atoms with Crippen molar-refractivity contribution >= 4 is 5.91 Å². The number of piperazine rings is 1. The van der Waals surface area contributed by atoms with Crippen molar-refractivity contribution in [3.8, 4) is 0 Å². The zero-order valence-corrected chi connectivity index (χ0v) is 7.59. The second-order valence-electron chi connectivity index (χ2n) is 3.29. The molecule has 1 saturated heterocycles. The van der Waals surface area contributed by atoms with Crippen molar-refractivity contribution < 1.29 is 9.18 Å². The van der Waals surface area contributed by atoms with Crippen LogP contribution in [0.5, 0.6) is 0 Å². The van der Waals surface area contributed by atoms with Gasteiger partial charge in [0, 0.05) is 6.54 Å². The van der Waals surface area contributed by atoms with E-state index in [9.17, 15) is 9.18 Å². The first-order valence-electron chi connectivity index (χ1n) is 4.51. The zero-order valence-electron chi connectivity index (χ0n) is 7.59. The van der Waals surface area contributed by atoms with Crippen molar-refractivity contribution in [1.29, 1.82) is 0 Å². The van der Waals surface area contributed by atoms with Gasteiger partial charge < -0.3 is 5.32 Å². The molecule has 1 aliphatic heterocycles. The highest BCUT2D eigenvalue weighted by Gasteiger charge is 2.18. The summed E-state index contributed by atoms with van der Waals surface area (Å²) in [4.78, 5) is 10.9. The van der Waals surface area contributed by atoms with Crippen LogP contribution in [0, 0.1) is 5.82 Å². The Morgan fingerprint density at radius 1 is 1.29 bits per heavy atom. The molecular formula is C10H11FN2O. The molecule has 1 aromatic carbocycles. The van der Waals surface area contributed by atoms with Gasteiger partial charge in [-0.25, -0.2) is 4.39 Å². The summed E-state index contributed by atoms with van der Waals surface area (Å²) in [6.45, 7) is 0.881. The lowest BCUT2D eigenvalue weighted by Gasteiger charge is -2.24. The Hall–Kier alpha value is -1.42. The number of benzene rings is 1. The molecule has 1 amide bonds. The van der Waals surface area contributed by atoms with E-state index in [-0.39, 0.29) is 17.8 Å². The van der Waals surface area contributed by atoms with E-state index in [4.69, 9.17) is 0 Å². The van der Waals surface area contributed by atoms with Crippen molar-refractivity contribution in [2.45, 2.75) is 6.04 Å². The Kier molecular flexibility index (Phi) is 2.45. The van der Waals surface area contributed by atoms with Crippen LogP contribution in [0.4, 0.5) is 4.39 Å². The number of hydrogen-bond donors (Lipinski definition) is 2. The minimum atomic E-state index is -0.242. The first-order chi connectivity index (χ1) is 6.75. The van der Waals surface area contributed by atoms with Crippen molar-refractivity contribution in [2.75, 3.05) is 13.1 Å². The molecular weight excluding hydrogens is 183 g/mol. The highest BCUT2D eigenvalue weighted by molar-refractivity contribution is 5.78. The Labute approximate surface area is 81.3 Å². The summed E-state index contributed by atoms with van der Waals surface area (Å²) in [7, 11) is 0. The minimum absolute atomic E-state index is 0.00311. The van der Waals surface area contributed by atoms with Gasteiger partial charge in [0.1, 0.15) is 5.82 Å². The quantitative estimate of drug-likeness (QED) is 0.686. The lowest BCUT2D eigenvalue weighted by molar-refractivity contribution is -0.121. The topological polar surface area (TPSA) is 41.1 Å². The second kappa shape index (κ2) is 3.75. The summed E-state index contributed by atoms with van der Waals surface area (Å²) < 4.78 is 12.6. The van der Waals surface area contributed by atoms with Crippen LogP contribution in [0.15, 0.2) is 24.3 Å². The fourth-order valence-corrected chi connectivity index (χ4v) is 1.50. The number of rotatable bonds is 1. The Bertz CT molecular complexity index is 326. The maximum atomic E-state index is 12.6. The van der Waals surface area contributed by atoms with Gasteiger partial charge in [-0.15, -0.1) is 0 Å². The molecule has 1 heterocycles. The summed E-state index contributed by atoms with van der Waals surface area (Å²) in [5.74, 6) is -0.239. The Morgan fingerprint density at radius 2 is 2.00 bits per heavy atom. The summed E-state index contributed by atoms with van der Waals surface area (Å²) in [5, 5.41) is 5.82. The summed E-state index contributed by atoms with van der Waals surface area (Å²) in [6, 6.07) is 6.39. The number of carbonyl (C=O) groups excluding carboxylic acids is 1. The number of halogens is 1. The minimum Gasteiger partial charge on any atom is -0.353 e. The van der Waals surface area contributed by atoms with Gasteiger partial charge >= 0.3 is 0 Å². The van der Waals surface area contributed by atoms with Gasteiger partial charge in [-0.05, 0) is 17.7 Å². The van der Waals surface area contributed by atoms with Gasteiger partial charge in [-0.1, -0.05) is 12.1 Å². The van der Waals surface area contributed by atoms with Crippen LogP contribution in [0.1, 0.15) is 11.6 Å². The maximum Gasteiger partial charge on any atom is 0.234 e. The molecule has 1 unspecified atom stereocenters. The molecule has 2 rings (SSSR count). The third-order valence-corrected chi connectivity index (χ3v) is 2.28. The predicted octanol–water partition coefficient (Wildman–Crippen LogP) is 0.586. The van der Waals surface area contributed by atoms with E-state index in [2.05, 4.69) is 10.6 Å². The van der Waals surface area contributed by atoms with Crippen LogP contribution in [-0.2, 0) is 4.79 Å². The van der Waals surface area contributed by atoms with Gasteiger partial charge in [0.15, 0.2) is 0 Å². The van der Waals surface area contributed by atoms with Crippen LogP contribution in [0.2, 0.25) is 0 Å². The van der Waals surface area contributed by atoms with Gasteiger partial charge in [-0.2, -0.15) is 0 Å². The van der Waals surface area contributed by atoms with Crippen molar-refractivity contribution in [2.24, 2.45) is 0 Å². The predicted molar refractivity (Wildman–Crippen MR) is 50.2 cm³/mol. The molecule has 1 aliphatic rings. The van der Waals surface area contributed by atoms with Crippen molar-refractivity contribution in [1.82, 2.24) is 10.6 Å². The molecule has 0 spiro atoms. The Balaban J connectivity index is 2.08. The van der Waals surface area contributed by atoms with Crippen LogP contribution < -0.4 is 10.6 Å². The fraction of sp³-hybridized carbons (Fsp3) is 0.300. The average Bonchev–Trinajstić information content (AvgIpc) is 2.21. The summed E-state index contributed by atoms with van der Waals surface area (Å²) in [6.07, 6.45) is 0. The first kappa shape index (κ1) is 9.15. The first-order valence-corrected chi connectivity index (χ1v) is 4.51. The van der Waals surface area contributed by atoms with Gasteiger partial charge in [0.25, 0.3) is 0 Å². The maximum absolute atomic E-state index is 12.6. The van der Waals surface area contributed by atoms with Gasteiger partial charge in [0.05, 0.1) is 12.6 Å².